The van der Waals surface area contributed by atoms with Crippen LogP contribution in [-0.4, -0.2) is 41.4 Å². The molecule has 0 radical (unpaired) electrons. The molecule has 1 aliphatic heterocycles. The normalized spacial score (nSPS) is 23.1. The van der Waals surface area contributed by atoms with E-state index in [-0.39, 0.29) is 29.9 Å². The third kappa shape index (κ3) is 3.18. The topological polar surface area (TPSA) is 72.2 Å². The molecule has 7 heteroatoms. The summed E-state index contributed by atoms with van der Waals surface area (Å²) in [6.07, 6.45) is 1.96. The highest BCUT2D eigenvalue weighted by atomic mass is 35.5. The van der Waals surface area contributed by atoms with E-state index in [9.17, 15) is 13.5 Å². The molecule has 1 N–H and O–H groups in total. The van der Waals surface area contributed by atoms with Crippen molar-refractivity contribution < 1.29 is 13.5 Å². The molecule has 2 unspecified atom stereocenters. The molecule has 1 aromatic rings. The number of sulfone groups is 1. The summed E-state index contributed by atoms with van der Waals surface area (Å²) >= 11 is 6.31. The van der Waals surface area contributed by atoms with E-state index < -0.39 is 9.84 Å². The first-order valence-electron chi connectivity index (χ1n) is 6.89. The number of hydrogen-bond donors (Lipinski definition) is 1. The Morgan fingerprint density at radius 1 is 1.55 bits per heavy atom. The fourth-order valence-corrected chi connectivity index (χ4v) is 5.16. The lowest BCUT2D eigenvalue weighted by molar-refractivity contribution is 0.182. The van der Waals surface area contributed by atoms with Gasteiger partial charge in [-0.15, -0.1) is 0 Å². The molecule has 1 aliphatic rings. The third-order valence-corrected chi connectivity index (χ3v) is 6.36. The van der Waals surface area contributed by atoms with Crippen molar-refractivity contribution in [2.75, 3.05) is 18.1 Å². The molecule has 1 fully saturated rings. The summed E-state index contributed by atoms with van der Waals surface area (Å²) < 4.78 is 24.9. The molecule has 114 valence electrons. The van der Waals surface area contributed by atoms with Crippen molar-refractivity contribution in [2.45, 2.75) is 26.2 Å². The first-order valence-corrected chi connectivity index (χ1v) is 9.09. The summed E-state index contributed by atoms with van der Waals surface area (Å²) in [6.45, 7) is 1.97. The molecular formula is C13H21ClN2O3S. The maximum atomic E-state index is 11.6. The molecule has 2 heterocycles. The van der Waals surface area contributed by atoms with Crippen molar-refractivity contribution in [3.8, 4) is 0 Å². The van der Waals surface area contributed by atoms with Crippen molar-refractivity contribution >= 4 is 21.4 Å². The lowest BCUT2D eigenvalue weighted by Crippen LogP contribution is -2.23. The number of aryl methyl sites for hydroxylation is 2. The highest BCUT2D eigenvalue weighted by Gasteiger charge is 2.34. The van der Waals surface area contributed by atoms with Gasteiger partial charge in [-0.1, -0.05) is 18.5 Å². The van der Waals surface area contributed by atoms with Gasteiger partial charge in [-0.2, -0.15) is 5.10 Å². The Balaban J connectivity index is 2.17. The van der Waals surface area contributed by atoms with Gasteiger partial charge in [-0.25, -0.2) is 8.42 Å². The van der Waals surface area contributed by atoms with Crippen LogP contribution < -0.4 is 0 Å². The van der Waals surface area contributed by atoms with E-state index in [0.717, 1.165) is 17.8 Å². The van der Waals surface area contributed by atoms with Crippen LogP contribution in [0.15, 0.2) is 0 Å². The molecule has 0 bridgehead atoms. The standard InChI is InChI=1S/C13H21ClN2O3S/c1-3-11-13(14)12(16(2)15-11)6-10(7-17)9-4-5-20(18,19)8-9/h9-10,17H,3-8H2,1-2H3. The van der Waals surface area contributed by atoms with E-state index in [1.807, 2.05) is 14.0 Å². The summed E-state index contributed by atoms with van der Waals surface area (Å²) in [4.78, 5) is 0. The molecule has 5 nitrogen and oxygen atoms in total. The SMILES string of the molecule is CCc1nn(C)c(CC(CO)C2CCS(=O)(=O)C2)c1Cl. The molecular weight excluding hydrogens is 300 g/mol. The molecule has 1 saturated heterocycles. The summed E-state index contributed by atoms with van der Waals surface area (Å²) in [5.74, 6) is 0.341. The number of aromatic nitrogens is 2. The average Bonchev–Trinajstić information content (AvgIpc) is 2.88. The van der Waals surface area contributed by atoms with Gasteiger partial charge in [0.15, 0.2) is 9.84 Å². The fraction of sp³-hybridized carbons (Fsp3) is 0.769. The number of aliphatic hydroxyl groups is 1. The Morgan fingerprint density at radius 2 is 2.25 bits per heavy atom. The molecule has 0 amide bonds. The van der Waals surface area contributed by atoms with Crippen LogP contribution in [0.3, 0.4) is 0 Å². The van der Waals surface area contributed by atoms with Crippen LogP contribution in [0, 0.1) is 11.8 Å². The predicted octanol–water partition coefficient (Wildman–Crippen LogP) is 1.22. The Labute approximate surface area is 124 Å². The Kier molecular flexibility index (Phi) is 4.76. The number of nitrogens with zero attached hydrogens (tertiary/aromatic N) is 2. The largest absolute Gasteiger partial charge is 0.396 e. The van der Waals surface area contributed by atoms with Gasteiger partial charge in [-0.3, -0.25) is 4.68 Å². The van der Waals surface area contributed by atoms with E-state index in [2.05, 4.69) is 5.10 Å². The minimum atomic E-state index is -2.93. The molecule has 1 aromatic heterocycles. The zero-order chi connectivity index (χ0) is 14.9. The molecule has 2 atom stereocenters. The zero-order valence-corrected chi connectivity index (χ0v) is 13.4. The third-order valence-electron chi connectivity index (χ3n) is 4.13. The Bertz CT molecular complexity index is 583. The quantitative estimate of drug-likeness (QED) is 0.885. The average molecular weight is 321 g/mol. The van der Waals surface area contributed by atoms with Gasteiger partial charge < -0.3 is 5.11 Å². The number of hydrogen-bond acceptors (Lipinski definition) is 4. The highest BCUT2D eigenvalue weighted by Crippen LogP contribution is 2.31. The number of halogens is 1. The van der Waals surface area contributed by atoms with Gasteiger partial charge >= 0.3 is 0 Å². The fourth-order valence-electron chi connectivity index (χ4n) is 2.87. The molecule has 0 saturated carbocycles. The molecule has 0 aromatic carbocycles. The van der Waals surface area contributed by atoms with Gasteiger partial charge in [0, 0.05) is 13.7 Å². The van der Waals surface area contributed by atoms with Crippen LogP contribution in [0.5, 0.6) is 0 Å². The van der Waals surface area contributed by atoms with Crippen molar-refractivity contribution in [1.29, 1.82) is 0 Å². The van der Waals surface area contributed by atoms with Gasteiger partial charge in [0.2, 0.25) is 0 Å². The minimum absolute atomic E-state index is 0.0149. The predicted molar refractivity (Wildman–Crippen MR) is 78.6 cm³/mol. The van der Waals surface area contributed by atoms with Crippen molar-refractivity contribution in [1.82, 2.24) is 9.78 Å². The van der Waals surface area contributed by atoms with Gasteiger partial charge in [0.05, 0.1) is 27.9 Å². The maximum absolute atomic E-state index is 11.6. The first-order chi connectivity index (χ1) is 9.38. The Morgan fingerprint density at radius 3 is 2.70 bits per heavy atom. The molecule has 0 aliphatic carbocycles. The monoisotopic (exact) mass is 320 g/mol. The highest BCUT2D eigenvalue weighted by molar-refractivity contribution is 7.91. The zero-order valence-electron chi connectivity index (χ0n) is 11.8. The van der Waals surface area contributed by atoms with Gasteiger partial charge in [-0.05, 0) is 31.1 Å². The summed E-state index contributed by atoms with van der Waals surface area (Å²) in [5.41, 5.74) is 1.73. The van der Waals surface area contributed by atoms with Crippen molar-refractivity contribution in [3.63, 3.8) is 0 Å². The smallest absolute Gasteiger partial charge is 0.150 e. The molecule has 0 spiro atoms. The van der Waals surface area contributed by atoms with E-state index in [1.54, 1.807) is 4.68 Å². The van der Waals surface area contributed by atoms with Crippen molar-refractivity contribution in [2.24, 2.45) is 18.9 Å². The van der Waals surface area contributed by atoms with E-state index >= 15 is 0 Å². The van der Waals surface area contributed by atoms with E-state index in [0.29, 0.717) is 17.9 Å². The summed E-state index contributed by atoms with van der Waals surface area (Å²) in [5, 5.41) is 14.6. The lowest BCUT2D eigenvalue weighted by atomic mass is 9.88. The Hall–Kier alpha value is -0.590. The van der Waals surface area contributed by atoms with Crippen LogP contribution in [0.2, 0.25) is 5.02 Å². The summed E-state index contributed by atoms with van der Waals surface area (Å²) in [6, 6.07) is 0. The molecule has 20 heavy (non-hydrogen) atoms. The van der Waals surface area contributed by atoms with E-state index in [1.165, 1.54) is 0 Å². The second kappa shape index (κ2) is 6.03. The van der Waals surface area contributed by atoms with Crippen LogP contribution >= 0.6 is 11.6 Å². The first kappa shape index (κ1) is 15.8. The second-order valence-electron chi connectivity index (χ2n) is 5.49. The second-order valence-corrected chi connectivity index (χ2v) is 8.10. The lowest BCUT2D eigenvalue weighted by Gasteiger charge is -2.20. The van der Waals surface area contributed by atoms with Crippen LogP contribution in [-0.2, 0) is 29.7 Å². The van der Waals surface area contributed by atoms with Crippen molar-refractivity contribution in [3.05, 3.63) is 16.4 Å². The maximum Gasteiger partial charge on any atom is 0.150 e. The number of rotatable bonds is 5. The van der Waals surface area contributed by atoms with Gasteiger partial charge in [0.25, 0.3) is 0 Å². The van der Waals surface area contributed by atoms with Crippen LogP contribution in [0.4, 0.5) is 0 Å². The van der Waals surface area contributed by atoms with Crippen LogP contribution in [0.25, 0.3) is 0 Å². The minimum Gasteiger partial charge on any atom is -0.396 e. The number of aliphatic hydroxyl groups excluding tert-OH is 1. The van der Waals surface area contributed by atoms with Crippen LogP contribution in [0.1, 0.15) is 24.7 Å². The van der Waals surface area contributed by atoms with E-state index in [4.69, 9.17) is 11.6 Å². The van der Waals surface area contributed by atoms with Gasteiger partial charge in [0.1, 0.15) is 0 Å². The molecule has 2 rings (SSSR count). The summed E-state index contributed by atoms with van der Waals surface area (Å²) in [7, 11) is -1.10.